The zero-order chi connectivity index (χ0) is 9.68. The molecular weight excluding hydrogens is 168 g/mol. The van der Waals surface area contributed by atoms with Crippen LogP contribution in [0.15, 0.2) is 0 Å². The second-order valence-electron chi connectivity index (χ2n) is 3.58. The highest BCUT2D eigenvalue weighted by molar-refractivity contribution is 5.80. The fraction of sp³-hybridized carbons (Fsp3) is 0.889. The maximum absolute atomic E-state index is 11.4. The molecule has 1 aliphatic heterocycles. The monoisotopic (exact) mass is 186 g/mol. The summed E-state index contributed by atoms with van der Waals surface area (Å²) in [7, 11) is 0. The molecule has 4 heteroatoms. The van der Waals surface area contributed by atoms with Gasteiger partial charge in [-0.25, -0.2) is 0 Å². The third-order valence-corrected chi connectivity index (χ3v) is 2.07. The number of carbonyl (C=O) groups excluding carboxylic acids is 1. The van der Waals surface area contributed by atoms with E-state index >= 15 is 0 Å². The molecule has 1 fully saturated rings. The molecule has 2 unspecified atom stereocenters. The Morgan fingerprint density at radius 3 is 3.00 bits per heavy atom. The van der Waals surface area contributed by atoms with E-state index in [-0.39, 0.29) is 18.1 Å². The Balaban J connectivity index is 2.21. The molecule has 3 N–H and O–H groups in total. The van der Waals surface area contributed by atoms with E-state index in [0.717, 1.165) is 19.3 Å². The van der Waals surface area contributed by atoms with Gasteiger partial charge < -0.3 is 15.8 Å². The normalized spacial score (nSPS) is 25.2. The van der Waals surface area contributed by atoms with Crippen molar-refractivity contribution in [2.45, 2.75) is 38.3 Å². The second kappa shape index (κ2) is 5.19. The molecule has 0 spiro atoms. The number of nitrogens with two attached hydrogens (primary N) is 1. The van der Waals surface area contributed by atoms with E-state index in [9.17, 15) is 4.79 Å². The van der Waals surface area contributed by atoms with E-state index in [2.05, 4.69) is 5.32 Å². The number of hydrogen-bond acceptors (Lipinski definition) is 3. The van der Waals surface area contributed by atoms with Crippen LogP contribution >= 0.6 is 0 Å². The Bertz CT molecular complexity index is 165. The van der Waals surface area contributed by atoms with E-state index < -0.39 is 0 Å². The number of rotatable bonds is 3. The van der Waals surface area contributed by atoms with Crippen LogP contribution in [0.25, 0.3) is 0 Å². The van der Waals surface area contributed by atoms with Crippen LogP contribution in [-0.4, -0.2) is 31.2 Å². The van der Waals surface area contributed by atoms with Crippen molar-refractivity contribution >= 4 is 5.91 Å². The van der Waals surface area contributed by atoms with E-state index in [4.69, 9.17) is 10.5 Å². The molecule has 0 bridgehead atoms. The molecule has 0 aromatic carbocycles. The Hall–Kier alpha value is -0.610. The first kappa shape index (κ1) is 10.5. The lowest BCUT2D eigenvalue weighted by Crippen LogP contribution is -2.42. The lowest BCUT2D eigenvalue weighted by Gasteiger charge is -2.22. The second-order valence-corrected chi connectivity index (χ2v) is 3.58. The first-order chi connectivity index (χ1) is 6.20. The molecule has 2 atom stereocenters. The summed E-state index contributed by atoms with van der Waals surface area (Å²) in [4.78, 5) is 11.4. The molecule has 1 amide bonds. The average Bonchev–Trinajstić information content (AvgIpc) is 2.15. The third kappa shape index (κ3) is 3.74. The lowest BCUT2D eigenvalue weighted by molar-refractivity contribution is -0.135. The van der Waals surface area contributed by atoms with Crippen LogP contribution in [0.3, 0.4) is 0 Å². The molecule has 13 heavy (non-hydrogen) atoms. The highest BCUT2D eigenvalue weighted by Crippen LogP contribution is 2.12. The molecule has 4 nitrogen and oxygen atoms in total. The fourth-order valence-corrected chi connectivity index (χ4v) is 1.32. The van der Waals surface area contributed by atoms with E-state index in [0.29, 0.717) is 13.2 Å². The van der Waals surface area contributed by atoms with Gasteiger partial charge in [0.05, 0.1) is 0 Å². The van der Waals surface area contributed by atoms with Crippen molar-refractivity contribution in [2.75, 3.05) is 13.2 Å². The van der Waals surface area contributed by atoms with Crippen molar-refractivity contribution in [3.05, 3.63) is 0 Å². The van der Waals surface area contributed by atoms with E-state index in [1.807, 2.05) is 6.92 Å². The summed E-state index contributed by atoms with van der Waals surface area (Å²) >= 11 is 0. The van der Waals surface area contributed by atoms with Crippen LogP contribution in [0.2, 0.25) is 0 Å². The van der Waals surface area contributed by atoms with Crippen molar-refractivity contribution in [1.82, 2.24) is 5.32 Å². The van der Waals surface area contributed by atoms with Gasteiger partial charge in [0, 0.05) is 19.2 Å². The molecule has 0 saturated carbocycles. The Kier molecular flexibility index (Phi) is 4.18. The third-order valence-electron chi connectivity index (χ3n) is 2.07. The number of amides is 1. The molecule has 0 radical (unpaired) electrons. The summed E-state index contributed by atoms with van der Waals surface area (Å²) in [5.74, 6) is -0.0167. The molecule has 0 aliphatic carbocycles. The largest absolute Gasteiger partial charge is 0.368 e. The average molecular weight is 186 g/mol. The predicted octanol–water partition coefficient (Wildman–Crippen LogP) is 0.0189. The summed E-state index contributed by atoms with van der Waals surface area (Å²) in [5.41, 5.74) is 5.51. The Morgan fingerprint density at radius 2 is 2.46 bits per heavy atom. The van der Waals surface area contributed by atoms with Gasteiger partial charge in [0.2, 0.25) is 5.91 Å². The maximum Gasteiger partial charge on any atom is 0.249 e. The standard InChI is InChI=1S/C9H18N2O2/c1-7(10)6-11-9(12)8-4-2-3-5-13-8/h7-8H,2-6,10H2,1H3,(H,11,12). The fourth-order valence-electron chi connectivity index (χ4n) is 1.32. The van der Waals surface area contributed by atoms with Crippen molar-refractivity contribution in [3.8, 4) is 0 Å². The smallest absolute Gasteiger partial charge is 0.249 e. The zero-order valence-corrected chi connectivity index (χ0v) is 8.08. The minimum atomic E-state index is -0.243. The maximum atomic E-state index is 11.4. The van der Waals surface area contributed by atoms with Gasteiger partial charge in [-0.15, -0.1) is 0 Å². The molecular formula is C9H18N2O2. The summed E-state index contributed by atoms with van der Waals surface area (Å²) in [5, 5.41) is 2.76. The molecule has 1 rings (SSSR count). The molecule has 0 aromatic rings. The van der Waals surface area contributed by atoms with Gasteiger partial charge in [0.15, 0.2) is 0 Å². The van der Waals surface area contributed by atoms with Gasteiger partial charge in [-0.2, -0.15) is 0 Å². The van der Waals surface area contributed by atoms with Gasteiger partial charge >= 0.3 is 0 Å². The van der Waals surface area contributed by atoms with Crippen LogP contribution in [0.1, 0.15) is 26.2 Å². The first-order valence-electron chi connectivity index (χ1n) is 4.85. The van der Waals surface area contributed by atoms with Crippen molar-refractivity contribution in [3.63, 3.8) is 0 Å². The molecule has 1 heterocycles. The molecule has 76 valence electrons. The summed E-state index contributed by atoms with van der Waals surface area (Å²) in [6.07, 6.45) is 2.74. The Labute approximate surface area is 78.8 Å². The topological polar surface area (TPSA) is 64.3 Å². The van der Waals surface area contributed by atoms with Crippen LogP contribution in [0.4, 0.5) is 0 Å². The quantitative estimate of drug-likeness (QED) is 0.653. The van der Waals surface area contributed by atoms with Crippen molar-refractivity contribution in [2.24, 2.45) is 5.73 Å². The van der Waals surface area contributed by atoms with Crippen LogP contribution in [-0.2, 0) is 9.53 Å². The molecule has 1 aliphatic rings. The van der Waals surface area contributed by atoms with Gasteiger partial charge in [0.25, 0.3) is 0 Å². The minimum absolute atomic E-state index is 0.00698. The minimum Gasteiger partial charge on any atom is -0.368 e. The van der Waals surface area contributed by atoms with Crippen molar-refractivity contribution < 1.29 is 9.53 Å². The molecule has 1 saturated heterocycles. The Morgan fingerprint density at radius 1 is 1.69 bits per heavy atom. The van der Waals surface area contributed by atoms with Crippen molar-refractivity contribution in [1.29, 1.82) is 0 Å². The summed E-state index contributed by atoms with van der Waals surface area (Å²) in [6, 6.07) is 0.00698. The van der Waals surface area contributed by atoms with Crippen LogP contribution in [0.5, 0.6) is 0 Å². The summed E-state index contributed by atoms with van der Waals surface area (Å²) in [6.45, 7) is 3.09. The number of carbonyl (C=O) groups is 1. The summed E-state index contributed by atoms with van der Waals surface area (Å²) < 4.78 is 5.32. The predicted molar refractivity (Wildman–Crippen MR) is 50.3 cm³/mol. The van der Waals surface area contributed by atoms with Gasteiger partial charge in [0.1, 0.15) is 6.10 Å². The number of ether oxygens (including phenoxy) is 1. The van der Waals surface area contributed by atoms with Gasteiger partial charge in [-0.05, 0) is 26.2 Å². The van der Waals surface area contributed by atoms with Crippen LogP contribution in [0, 0.1) is 0 Å². The van der Waals surface area contributed by atoms with Gasteiger partial charge in [-0.1, -0.05) is 0 Å². The van der Waals surface area contributed by atoms with E-state index in [1.54, 1.807) is 0 Å². The zero-order valence-electron chi connectivity index (χ0n) is 8.08. The lowest BCUT2D eigenvalue weighted by atomic mass is 10.1. The number of nitrogens with one attached hydrogen (secondary N) is 1. The van der Waals surface area contributed by atoms with Crippen LogP contribution < -0.4 is 11.1 Å². The SMILES string of the molecule is CC(N)CNC(=O)C1CCCCO1. The first-order valence-corrected chi connectivity index (χ1v) is 4.85. The van der Waals surface area contributed by atoms with Gasteiger partial charge in [-0.3, -0.25) is 4.79 Å². The highest BCUT2D eigenvalue weighted by atomic mass is 16.5. The highest BCUT2D eigenvalue weighted by Gasteiger charge is 2.21. The molecule has 0 aromatic heterocycles. The van der Waals surface area contributed by atoms with E-state index in [1.165, 1.54) is 0 Å². The number of hydrogen-bond donors (Lipinski definition) is 2.